The first-order valence-corrected chi connectivity index (χ1v) is 8.35. The van der Waals surface area contributed by atoms with Crippen LogP contribution in [0.25, 0.3) is 0 Å². The Morgan fingerprint density at radius 1 is 0.962 bits per heavy atom. The fourth-order valence-electron chi connectivity index (χ4n) is 2.90. The van der Waals surface area contributed by atoms with Crippen molar-refractivity contribution in [2.45, 2.75) is 13.0 Å². The molecule has 3 rings (SSSR count). The van der Waals surface area contributed by atoms with Gasteiger partial charge in [-0.1, -0.05) is 0 Å². The van der Waals surface area contributed by atoms with Crippen LogP contribution in [-0.4, -0.2) is 43.1 Å². The summed E-state index contributed by atoms with van der Waals surface area (Å²) in [5.41, 5.74) is 0.907. The van der Waals surface area contributed by atoms with Crippen molar-refractivity contribution < 1.29 is 22.7 Å². The van der Waals surface area contributed by atoms with Gasteiger partial charge in [0.15, 0.2) is 17.7 Å². The molecule has 4 nitrogen and oxygen atoms in total. The van der Waals surface area contributed by atoms with Crippen molar-refractivity contribution in [1.82, 2.24) is 4.90 Å². The topological polar surface area (TPSA) is 32.8 Å². The molecule has 1 atom stereocenters. The molecule has 2 aromatic carbocycles. The summed E-state index contributed by atoms with van der Waals surface area (Å²) < 4.78 is 44.6. The zero-order valence-corrected chi connectivity index (χ0v) is 14.3. The van der Waals surface area contributed by atoms with E-state index in [-0.39, 0.29) is 17.5 Å². The molecule has 2 aromatic rings. The number of nitrogens with zero attached hydrogens (tertiary/aromatic N) is 2. The molecule has 138 valence electrons. The maximum atomic E-state index is 13.2. The first kappa shape index (κ1) is 18.1. The summed E-state index contributed by atoms with van der Waals surface area (Å²) in [6, 6.07) is 9.40. The number of hydrogen-bond donors (Lipinski definition) is 0. The normalized spacial score (nSPS) is 15.7. The number of piperazine rings is 1. The van der Waals surface area contributed by atoms with Crippen molar-refractivity contribution in [2.24, 2.45) is 0 Å². The van der Waals surface area contributed by atoms with Crippen LogP contribution in [0.15, 0.2) is 42.5 Å². The molecular formula is C19H19F3N2O2. The summed E-state index contributed by atoms with van der Waals surface area (Å²) in [7, 11) is 0. The second kappa shape index (κ2) is 7.68. The number of halogens is 3. The molecular weight excluding hydrogens is 345 g/mol. The lowest BCUT2D eigenvalue weighted by molar-refractivity contribution is -0.138. The Hall–Kier alpha value is -2.70. The molecule has 0 saturated carbocycles. The van der Waals surface area contributed by atoms with Gasteiger partial charge in [-0.2, -0.15) is 0 Å². The molecule has 0 aliphatic carbocycles. The molecule has 1 unspecified atom stereocenters. The highest BCUT2D eigenvalue weighted by Crippen LogP contribution is 2.19. The maximum absolute atomic E-state index is 13.2. The summed E-state index contributed by atoms with van der Waals surface area (Å²) in [5.74, 6) is -2.38. The average molecular weight is 364 g/mol. The summed E-state index contributed by atoms with van der Waals surface area (Å²) in [6.45, 7) is 3.82. The van der Waals surface area contributed by atoms with E-state index in [0.29, 0.717) is 26.2 Å². The Bertz CT molecular complexity index is 775. The Labute approximate surface area is 149 Å². The number of hydrogen-bond acceptors (Lipinski definition) is 3. The minimum Gasteiger partial charge on any atom is -0.481 e. The molecule has 1 aliphatic rings. The monoisotopic (exact) mass is 364 g/mol. The fraction of sp³-hybridized carbons (Fsp3) is 0.316. The third kappa shape index (κ3) is 4.09. The van der Waals surface area contributed by atoms with Gasteiger partial charge in [0, 0.05) is 37.9 Å². The van der Waals surface area contributed by atoms with Crippen LogP contribution >= 0.6 is 0 Å². The number of benzene rings is 2. The first-order valence-electron chi connectivity index (χ1n) is 8.35. The Morgan fingerprint density at radius 2 is 1.62 bits per heavy atom. The zero-order chi connectivity index (χ0) is 18.7. The minimum absolute atomic E-state index is 0.106. The molecule has 7 heteroatoms. The van der Waals surface area contributed by atoms with Crippen LogP contribution in [0.4, 0.5) is 18.9 Å². The third-order valence-corrected chi connectivity index (χ3v) is 4.33. The van der Waals surface area contributed by atoms with Gasteiger partial charge in [-0.05, 0) is 43.3 Å². The number of carbonyl (C=O) groups is 1. The van der Waals surface area contributed by atoms with Crippen molar-refractivity contribution in [3.8, 4) is 5.75 Å². The number of rotatable bonds is 4. The third-order valence-electron chi connectivity index (χ3n) is 4.33. The highest BCUT2D eigenvalue weighted by atomic mass is 19.2. The standard InChI is InChI=1S/C19H19F3N2O2/c1-13(26-16-6-7-17(21)18(22)12-16)19(25)24-10-8-23(9-11-24)15-4-2-14(20)3-5-15/h2-7,12-13H,8-11H2,1H3. The number of ether oxygens (including phenoxy) is 1. The second-order valence-electron chi connectivity index (χ2n) is 6.12. The van der Waals surface area contributed by atoms with Crippen LogP contribution in [0.3, 0.4) is 0 Å². The lowest BCUT2D eigenvalue weighted by atomic mass is 10.2. The van der Waals surface area contributed by atoms with Crippen LogP contribution in [0.2, 0.25) is 0 Å². The lowest BCUT2D eigenvalue weighted by Crippen LogP contribution is -2.52. The lowest BCUT2D eigenvalue weighted by Gasteiger charge is -2.37. The number of carbonyl (C=O) groups excluding carboxylic acids is 1. The Balaban J connectivity index is 1.55. The molecule has 0 radical (unpaired) electrons. The zero-order valence-electron chi connectivity index (χ0n) is 14.3. The molecule has 0 spiro atoms. The van der Waals surface area contributed by atoms with E-state index in [1.165, 1.54) is 18.2 Å². The van der Waals surface area contributed by atoms with Gasteiger partial charge in [-0.25, -0.2) is 13.2 Å². The van der Waals surface area contributed by atoms with E-state index in [4.69, 9.17) is 4.74 Å². The van der Waals surface area contributed by atoms with Crippen LogP contribution in [0, 0.1) is 17.5 Å². The molecule has 1 heterocycles. The quantitative estimate of drug-likeness (QED) is 0.835. The molecule has 1 amide bonds. The van der Waals surface area contributed by atoms with E-state index in [0.717, 1.165) is 17.8 Å². The smallest absolute Gasteiger partial charge is 0.263 e. The second-order valence-corrected chi connectivity index (χ2v) is 6.12. The van der Waals surface area contributed by atoms with Crippen molar-refractivity contribution in [3.05, 3.63) is 59.9 Å². The molecule has 1 saturated heterocycles. The van der Waals surface area contributed by atoms with Crippen LogP contribution < -0.4 is 9.64 Å². The van der Waals surface area contributed by atoms with Gasteiger partial charge < -0.3 is 14.5 Å². The van der Waals surface area contributed by atoms with Crippen molar-refractivity contribution in [2.75, 3.05) is 31.1 Å². The van der Waals surface area contributed by atoms with Crippen LogP contribution in [0.1, 0.15) is 6.92 Å². The summed E-state index contributed by atoms with van der Waals surface area (Å²) >= 11 is 0. The van der Waals surface area contributed by atoms with E-state index in [9.17, 15) is 18.0 Å². The van der Waals surface area contributed by atoms with E-state index >= 15 is 0 Å². The largest absolute Gasteiger partial charge is 0.481 e. The predicted octanol–water partition coefficient (Wildman–Crippen LogP) is 3.22. The molecule has 1 aliphatic heterocycles. The van der Waals surface area contributed by atoms with Gasteiger partial charge in [0.25, 0.3) is 5.91 Å². The summed E-state index contributed by atoms with van der Waals surface area (Å²) in [5, 5.41) is 0. The predicted molar refractivity (Wildman–Crippen MR) is 91.6 cm³/mol. The van der Waals surface area contributed by atoms with Gasteiger partial charge in [0.2, 0.25) is 0 Å². The molecule has 1 fully saturated rings. The number of amides is 1. The van der Waals surface area contributed by atoms with Gasteiger partial charge in [0.05, 0.1) is 0 Å². The summed E-state index contributed by atoms with van der Waals surface area (Å²) in [4.78, 5) is 16.3. The van der Waals surface area contributed by atoms with Gasteiger partial charge >= 0.3 is 0 Å². The van der Waals surface area contributed by atoms with Crippen molar-refractivity contribution in [3.63, 3.8) is 0 Å². The fourth-order valence-corrected chi connectivity index (χ4v) is 2.90. The van der Waals surface area contributed by atoms with Gasteiger partial charge in [-0.3, -0.25) is 4.79 Å². The van der Waals surface area contributed by atoms with Crippen molar-refractivity contribution in [1.29, 1.82) is 0 Å². The van der Waals surface area contributed by atoms with Gasteiger partial charge in [-0.15, -0.1) is 0 Å². The first-order chi connectivity index (χ1) is 12.4. The van der Waals surface area contributed by atoms with Crippen LogP contribution in [-0.2, 0) is 4.79 Å². The number of anilines is 1. The highest BCUT2D eigenvalue weighted by Gasteiger charge is 2.26. The SMILES string of the molecule is CC(Oc1ccc(F)c(F)c1)C(=O)N1CCN(c2ccc(F)cc2)CC1. The minimum atomic E-state index is -1.02. The highest BCUT2D eigenvalue weighted by molar-refractivity contribution is 5.81. The molecule has 0 bridgehead atoms. The Kier molecular flexibility index (Phi) is 5.35. The van der Waals surface area contributed by atoms with E-state index < -0.39 is 17.7 Å². The van der Waals surface area contributed by atoms with E-state index in [2.05, 4.69) is 4.90 Å². The van der Waals surface area contributed by atoms with Crippen LogP contribution in [0.5, 0.6) is 5.75 Å². The van der Waals surface area contributed by atoms with E-state index in [1.54, 1.807) is 24.0 Å². The van der Waals surface area contributed by atoms with E-state index in [1.807, 2.05) is 0 Å². The Morgan fingerprint density at radius 3 is 2.23 bits per heavy atom. The summed E-state index contributed by atoms with van der Waals surface area (Å²) in [6.07, 6.45) is -0.808. The average Bonchev–Trinajstić information content (AvgIpc) is 2.65. The molecule has 26 heavy (non-hydrogen) atoms. The molecule has 0 aromatic heterocycles. The maximum Gasteiger partial charge on any atom is 0.263 e. The van der Waals surface area contributed by atoms with Gasteiger partial charge in [0.1, 0.15) is 11.6 Å². The molecule has 0 N–H and O–H groups in total. The van der Waals surface area contributed by atoms with Crippen molar-refractivity contribution >= 4 is 11.6 Å².